The molecule has 3 rings (SSSR count). The number of halogens is 6. The molecule has 1 aliphatic rings. The van der Waals surface area contributed by atoms with Gasteiger partial charge in [-0.2, -0.15) is 31.6 Å². The Kier molecular flexibility index (Phi) is 7.43. The van der Waals surface area contributed by atoms with Crippen LogP contribution in [-0.2, 0) is 23.6 Å². The summed E-state index contributed by atoms with van der Waals surface area (Å²) in [4.78, 5) is 26.0. The number of nitrogens with zero attached hydrogens (tertiary/aromatic N) is 2. The highest BCUT2D eigenvalue weighted by Crippen LogP contribution is 2.37. The van der Waals surface area contributed by atoms with Gasteiger partial charge < -0.3 is 10.2 Å². The molecule has 35 heavy (non-hydrogen) atoms. The molecule has 2 atom stereocenters. The second kappa shape index (κ2) is 9.98. The maximum atomic E-state index is 13.3. The molecule has 1 fully saturated rings. The van der Waals surface area contributed by atoms with E-state index in [-0.39, 0.29) is 37.4 Å². The molecule has 186 valence electrons. The molecule has 2 amide bonds. The number of likely N-dealkylation sites (tertiary alicyclic amines) is 1. The standard InChI is InChI=1S/C24H21F6N3O2/c1-14(34)32-20-6-7-33(21(12-20)8-15-2-4-16(13-31)5-3-15)22(35)17-9-18(23(25,26)27)11-19(10-17)24(28,29)30/h2-5,9-11,20-21H,6-8,12H2,1H3,(H,32,34). The topological polar surface area (TPSA) is 73.2 Å². The van der Waals surface area contributed by atoms with E-state index in [2.05, 4.69) is 5.32 Å². The summed E-state index contributed by atoms with van der Waals surface area (Å²) in [6.07, 6.45) is -9.36. The van der Waals surface area contributed by atoms with Gasteiger partial charge in [0.1, 0.15) is 0 Å². The summed E-state index contributed by atoms with van der Waals surface area (Å²) < 4.78 is 79.7. The molecule has 5 nitrogen and oxygen atoms in total. The molecule has 0 saturated carbocycles. The van der Waals surface area contributed by atoms with Gasteiger partial charge in [0.25, 0.3) is 5.91 Å². The van der Waals surface area contributed by atoms with Gasteiger partial charge in [-0.25, -0.2) is 0 Å². The number of rotatable bonds is 4. The fourth-order valence-corrected chi connectivity index (χ4v) is 4.16. The van der Waals surface area contributed by atoms with E-state index in [1.54, 1.807) is 24.3 Å². The van der Waals surface area contributed by atoms with Gasteiger partial charge in [-0.05, 0) is 55.2 Å². The second-order valence-corrected chi connectivity index (χ2v) is 8.38. The summed E-state index contributed by atoms with van der Waals surface area (Å²) in [5.41, 5.74) is -2.71. The molecule has 2 aromatic rings. The summed E-state index contributed by atoms with van der Waals surface area (Å²) in [5, 5.41) is 11.7. The number of alkyl halides is 6. The summed E-state index contributed by atoms with van der Waals surface area (Å²) in [6, 6.07) is 8.35. The first kappa shape index (κ1) is 26.1. The smallest absolute Gasteiger partial charge is 0.353 e. The van der Waals surface area contributed by atoms with Crippen LogP contribution in [0.5, 0.6) is 0 Å². The molecule has 0 spiro atoms. The Morgan fingerprint density at radius 2 is 1.60 bits per heavy atom. The number of hydrogen-bond donors (Lipinski definition) is 1. The second-order valence-electron chi connectivity index (χ2n) is 8.38. The van der Waals surface area contributed by atoms with Crippen LogP contribution in [0.25, 0.3) is 0 Å². The first-order valence-corrected chi connectivity index (χ1v) is 10.6. The fourth-order valence-electron chi connectivity index (χ4n) is 4.16. The van der Waals surface area contributed by atoms with Crippen LogP contribution in [-0.4, -0.2) is 35.3 Å². The van der Waals surface area contributed by atoms with Crippen molar-refractivity contribution in [1.82, 2.24) is 10.2 Å². The molecule has 0 radical (unpaired) electrons. The average Bonchev–Trinajstić information content (AvgIpc) is 2.77. The van der Waals surface area contributed by atoms with Crippen LogP contribution >= 0.6 is 0 Å². The van der Waals surface area contributed by atoms with Gasteiger partial charge in [0.15, 0.2) is 0 Å². The monoisotopic (exact) mass is 497 g/mol. The zero-order valence-electron chi connectivity index (χ0n) is 18.5. The molecule has 1 heterocycles. The quantitative estimate of drug-likeness (QED) is 0.608. The number of nitriles is 1. The van der Waals surface area contributed by atoms with E-state index in [0.29, 0.717) is 24.1 Å². The van der Waals surface area contributed by atoms with Crippen molar-refractivity contribution < 1.29 is 35.9 Å². The Balaban J connectivity index is 1.97. The molecular formula is C24H21F6N3O2. The lowest BCUT2D eigenvalue weighted by atomic mass is 9.91. The molecule has 0 aromatic heterocycles. The Hall–Kier alpha value is -3.55. The number of carbonyl (C=O) groups is 2. The van der Waals surface area contributed by atoms with Crippen LogP contribution in [0.2, 0.25) is 0 Å². The summed E-state index contributed by atoms with van der Waals surface area (Å²) in [6.45, 7) is 1.36. The Labute approximate surface area is 197 Å². The largest absolute Gasteiger partial charge is 0.416 e. The maximum absolute atomic E-state index is 13.3. The van der Waals surface area contributed by atoms with Crippen LogP contribution in [0.3, 0.4) is 0 Å². The first-order valence-electron chi connectivity index (χ1n) is 10.6. The molecule has 0 bridgehead atoms. The van der Waals surface area contributed by atoms with E-state index in [4.69, 9.17) is 5.26 Å². The number of benzene rings is 2. The lowest BCUT2D eigenvalue weighted by Crippen LogP contribution is -2.52. The van der Waals surface area contributed by atoms with Crippen molar-refractivity contribution >= 4 is 11.8 Å². The van der Waals surface area contributed by atoms with Crippen LogP contribution in [0, 0.1) is 11.3 Å². The highest BCUT2D eigenvalue weighted by molar-refractivity contribution is 5.95. The fraction of sp³-hybridized carbons (Fsp3) is 0.375. The average molecular weight is 497 g/mol. The minimum absolute atomic E-state index is 0.0198. The molecule has 11 heteroatoms. The third-order valence-corrected chi connectivity index (χ3v) is 5.77. The predicted octanol–water partition coefficient (Wildman–Crippen LogP) is 4.95. The Bertz CT molecular complexity index is 1100. The Morgan fingerprint density at radius 1 is 1.03 bits per heavy atom. The van der Waals surface area contributed by atoms with Crippen molar-refractivity contribution in [2.75, 3.05) is 6.54 Å². The highest BCUT2D eigenvalue weighted by Gasteiger charge is 2.39. The van der Waals surface area contributed by atoms with Gasteiger partial charge in [0, 0.05) is 31.1 Å². The SMILES string of the molecule is CC(=O)NC1CCN(C(=O)c2cc(C(F)(F)F)cc(C(F)(F)F)c2)C(Cc2ccc(C#N)cc2)C1. The number of amides is 2. The van der Waals surface area contributed by atoms with Crippen LogP contribution in [0.4, 0.5) is 26.3 Å². The molecule has 1 saturated heterocycles. The normalized spacial score (nSPS) is 18.6. The van der Waals surface area contributed by atoms with Crippen molar-refractivity contribution in [3.8, 4) is 6.07 Å². The minimum Gasteiger partial charge on any atom is -0.353 e. The molecule has 1 N–H and O–H groups in total. The molecular weight excluding hydrogens is 476 g/mol. The predicted molar refractivity (Wildman–Crippen MR) is 113 cm³/mol. The van der Waals surface area contributed by atoms with E-state index in [1.807, 2.05) is 6.07 Å². The van der Waals surface area contributed by atoms with E-state index in [0.717, 1.165) is 5.56 Å². The minimum atomic E-state index is -5.07. The molecule has 2 unspecified atom stereocenters. The van der Waals surface area contributed by atoms with Crippen LogP contribution < -0.4 is 5.32 Å². The summed E-state index contributed by atoms with van der Waals surface area (Å²) in [7, 11) is 0. The van der Waals surface area contributed by atoms with Gasteiger partial charge >= 0.3 is 12.4 Å². The number of hydrogen-bond acceptors (Lipinski definition) is 3. The van der Waals surface area contributed by atoms with Gasteiger partial charge in [0.2, 0.25) is 5.91 Å². The van der Waals surface area contributed by atoms with Gasteiger partial charge in [-0.3, -0.25) is 9.59 Å². The third-order valence-electron chi connectivity index (χ3n) is 5.77. The van der Waals surface area contributed by atoms with E-state index < -0.39 is 41.0 Å². The third kappa shape index (κ3) is 6.53. The van der Waals surface area contributed by atoms with Gasteiger partial charge in [-0.1, -0.05) is 12.1 Å². The van der Waals surface area contributed by atoms with Crippen LogP contribution in [0.15, 0.2) is 42.5 Å². The zero-order chi connectivity index (χ0) is 26.0. The van der Waals surface area contributed by atoms with E-state index in [1.165, 1.54) is 11.8 Å². The zero-order valence-corrected chi connectivity index (χ0v) is 18.5. The number of nitrogens with one attached hydrogen (secondary N) is 1. The first-order chi connectivity index (χ1) is 16.3. The van der Waals surface area contributed by atoms with Crippen molar-refractivity contribution in [2.24, 2.45) is 0 Å². The lowest BCUT2D eigenvalue weighted by molar-refractivity contribution is -0.143. The summed E-state index contributed by atoms with van der Waals surface area (Å²) in [5.74, 6) is -1.25. The lowest BCUT2D eigenvalue weighted by Gasteiger charge is -2.40. The number of piperidine rings is 1. The number of carbonyl (C=O) groups excluding carboxylic acids is 2. The van der Waals surface area contributed by atoms with Gasteiger partial charge in [-0.15, -0.1) is 0 Å². The molecule has 0 aliphatic carbocycles. The van der Waals surface area contributed by atoms with Gasteiger partial charge in [0.05, 0.1) is 22.8 Å². The van der Waals surface area contributed by atoms with Crippen molar-refractivity contribution in [3.05, 3.63) is 70.3 Å². The maximum Gasteiger partial charge on any atom is 0.416 e. The van der Waals surface area contributed by atoms with E-state index in [9.17, 15) is 35.9 Å². The Morgan fingerprint density at radius 3 is 2.09 bits per heavy atom. The van der Waals surface area contributed by atoms with Crippen LogP contribution in [0.1, 0.15) is 52.4 Å². The van der Waals surface area contributed by atoms with Crippen molar-refractivity contribution in [1.29, 1.82) is 5.26 Å². The van der Waals surface area contributed by atoms with Crippen molar-refractivity contribution in [3.63, 3.8) is 0 Å². The van der Waals surface area contributed by atoms with Crippen molar-refractivity contribution in [2.45, 2.75) is 50.6 Å². The molecule has 1 aliphatic heterocycles. The van der Waals surface area contributed by atoms with E-state index >= 15 is 0 Å². The molecule has 2 aromatic carbocycles. The highest BCUT2D eigenvalue weighted by atomic mass is 19.4. The summed E-state index contributed by atoms with van der Waals surface area (Å²) >= 11 is 0.